The summed E-state index contributed by atoms with van der Waals surface area (Å²) in [5.74, 6) is 0. The van der Waals surface area contributed by atoms with Gasteiger partial charge in [0.2, 0.25) is 0 Å². The number of benzene rings is 10. The van der Waals surface area contributed by atoms with Gasteiger partial charge in [0.05, 0.1) is 52.4 Å². The fourth-order valence-corrected chi connectivity index (χ4v) is 7.16. The largest absolute Gasteiger partial charge is 0.310 e. The zero-order chi connectivity index (χ0) is 62.5. The van der Waals surface area contributed by atoms with Crippen molar-refractivity contribution >= 4 is 49.6 Å². The predicted molar refractivity (Wildman–Crippen MR) is 255 cm³/mol. The molecule has 1 heterocycles. The molecular formula is C58H40N2. The summed E-state index contributed by atoms with van der Waals surface area (Å²) < 4.78 is 239. The summed E-state index contributed by atoms with van der Waals surface area (Å²) in [7, 11) is 0. The Bertz CT molecular complexity index is 4720. The highest BCUT2D eigenvalue weighted by atomic mass is 15.1. The molecule has 0 saturated heterocycles. The number of hydrogen-bond donors (Lipinski definition) is 0. The molecule has 0 saturated carbocycles. The van der Waals surface area contributed by atoms with Crippen LogP contribution in [0.1, 0.15) is 35.6 Å². The van der Waals surface area contributed by atoms with Crippen molar-refractivity contribution in [3.63, 3.8) is 0 Å². The molecule has 0 aliphatic heterocycles. The summed E-state index contributed by atoms with van der Waals surface area (Å²) >= 11 is 0. The van der Waals surface area contributed by atoms with Crippen LogP contribution < -0.4 is 4.90 Å². The Morgan fingerprint density at radius 3 is 1.58 bits per heavy atom. The molecule has 0 N–H and O–H groups in total. The van der Waals surface area contributed by atoms with Gasteiger partial charge in [-0.15, -0.1) is 0 Å². The van der Waals surface area contributed by atoms with Crippen LogP contribution in [0.25, 0.3) is 82.8 Å². The Morgan fingerprint density at radius 1 is 0.367 bits per heavy atom. The minimum atomic E-state index is -1.27. The highest BCUT2D eigenvalue weighted by Crippen LogP contribution is 2.44. The van der Waals surface area contributed by atoms with E-state index in [4.69, 9.17) is 17.8 Å². The molecule has 0 amide bonds. The van der Waals surface area contributed by atoms with Gasteiger partial charge in [-0.05, 0) is 116 Å². The molecule has 0 aliphatic carbocycles. The van der Waals surface area contributed by atoms with E-state index in [2.05, 4.69) is 0 Å². The van der Waals surface area contributed by atoms with E-state index in [1.54, 1.807) is 18.2 Å². The first kappa shape index (κ1) is 17.5. The third-order valence-electron chi connectivity index (χ3n) is 9.89. The van der Waals surface area contributed by atoms with E-state index in [1.807, 2.05) is 71.3 Å². The first-order chi connectivity index (χ1) is 40.6. The lowest BCUT2D eigenvalue weighted by molar-refractivity contribution is 1.19. The third-order valence-corrected chi connectivity index (χ3v) is 9.89. The van der Waals surface area contributed by atoms with Crippen LogP contribution >= 0.6 is 0 Å². The van der Waals surface area contributed by atoms with Crippen molar-refractivity contribution in [3.8, 4) is 50.2 Å². The summed E-state index contributed by atoms with van der Waals surface area (Å²) in [5, 5.41) is 3.31. The van der Waals surface area contributed by atoms with Crippen molar-refractivity contribution in [2.24, 2.45) is 0 Å². The molecule has 0 aliphatic rings. The maximum absolute atomic E-state index is 9.96. The molecule has 60 heavy (non-hydrogen) atoms. The molecule has 2 heteroatoms. The lowest BCUT2D eigenvalue weighted by atomic mass is 9.96. The Balaban J connectivity index is 1.28. The maximum Gasteiger partial charge on any atom is 0.0645 e. The molecule has 0 unspecified atom stereocenters. The second-order valence-electron chi connectivity index (χ2n) is 13.4. The van der Waals surface area contributed by atoms with Crippen molar-refractivity contribution < 1.29 is 35.6 Å². The molecule has 0 spiro atoms. The predicted octanol–water partition coefficient (Wildman–Crippen LogP) is 16.1. The number of hydrogen-bond acceptors (Lipinski definition) is 1. The molecule has 0 fully saturated rings. The lowest BCUT2D eigenvalue weighted by Gasteiger charge is -2.29. The van der Waals surface area contributed by atoms with Crippen molar-refractivity contribution in [1.29, 1.82) is 0 Å². The maximum atomic E-state index is 9.96. The van der Waals surface area contributed by atoms with E-state index >= 15 is 0 Å². The van der Waals surface area contributed by atoms with Crippen molar-refractivity contribution in [3.05, 3.63) is 242 Å². The smallest absolute Gasteiger partial charge is 0.0645 e. The second-order valence-corrected chi connectivity index (χ2v) is 13.4. The Hall–Kier alpha value is -7.94. The van der Waals surface area contributed by atoms with Crippen molar-refractivity contribution in [1.82, 2.24) is 4.57 Å². The number of nitrogens with zero attached hydrogens (tertiary/aromatic N) is 2. The summed E-state index contributed by atoms with van der Waals surface area (Å²) in [5.41, 5.74) is -6.74. The minimum Gasteiger partial charge on any atom is -0.310 e. The summed E-state index contributed by atoms with van der Waals surface area (Å²) in [4.78, 5) is 0.428. The van der Waals surface area contributed by atoms with E-state index in [9.17, 15) is 17.8 Å². The number of fused-ring (bicyclic) bond motifs is 4. The summed E-state index contributed by atoms with van der Waals surface area (Å²) in [6.07, 6.45) is 0. The number of aromatic nitrogens is 1. The standard InChI is InChI=1S/C58H40N2/c1-4-14-41(15-5-1)44-24-31-50(32-25-44)59(57-36-29-48(42-16-6-2-7-17-42)39-54(57)46-19-8-3-9-20-46)51-33-26-45(27-34-51)49-30-37-58-55(40-49)53-22-12-13-23-56(53)60(58)52-35-28-43-18-10-11-21-47(43)38-52/h1-40H/i1D,2D,3D,4D,5D,6D,7D,8D,9D,14D,15D,16D,17D,19D,20D,24D,25D,26D,27D,29D,31D,32D,33D,34D,36D,39D. The first-order valence-electron chi connectivity index (χ1n) is 31.5. The van der Waals surface area contributed by atoms with Crippen LogP contribution in [0.4, 0.5) is 17.1 Å². The van der Waals surface area contributed by atoms with Crippen LogP contribution in [0.5, 0.6) is 0 Å². The SMILES string of the molecule is [2H]c1c([2H])c([2H])c(-c2c([2H])c([2H])c(N(c3c([2H])c([2H])c(-c4ccc5c(c4)c4ccccc4n5-c4ccc5ccccc5c4)c([2H])c3[2H])c3c([2H])c([2H])c(-c4c([2H])c([2H])c([2H])c([2H])c4[2H])c([2H])c3-c3c([2H])c([2H])c([2H])c([2H])c3[2H])c([2H])c2[2H])c([2H])c1[2H]. The zero-order valence-electron chi connectivity index (χ0n) is 57.0. The molecule has 1 aromatic heterocycles. The van der Waals surface area contributed by atoms with Crippen molar-refractivity contribution in [2.75, 3.05) is 4.90 Å². The zero-order valence-corrected chi connectivity index (χ0v) is 31.0. The van der Waals surface area contributed by atoms with Gasteiger partial charge >= 0.3 is 0 Å². The van der Waals surface area contributed by atoms with Gasteiger partial charge in [0.15, 0.2) is 0 Å². The normalized spacial score (nSPS) is 17.4. The van der Waals surface area contributed by atoms with E-state index in [-0.39, 0.29) is 11.1 Å². The lowest BCUT2D eigenvalue weighted by Crippen LogP contribution is -2.11. The molecular weight excluding hydrogens is 725 g/mol. The van der Waals surface area contributed by atoms with Gasteiger partial charge in [-0.3, -0.25) is 0 Å². The number of anilines is 3. The number of para-hydroxylation sites is 1. The molecule has 282 valence electrons. The van der Waals surface area contributed by atoms with Gasteiger partial charge in [0.1, 0.15) is 0 Å². The van der Waals surface area contributed by atoms with Gasteiger partial charge in [0.25, 0.3) is 0 Å². The molecule has 11 rings (SSSR count). The van der Waals surface area contributed by atoms with E-state index in [1.165, 1.54) is 0 Å². The van der Waals surface area contributed by atoms with Gasteiger partial charge in [-0.2, -0.15) is 0 Å². The minimum absolute atomic E-state index is 0.132. The summed E-state index contributed by atoms with van der Waals surface area (Å²) in [6, 6.07) is -0.841. The van der Waals surface area contributed by atoms with Crippen LogP contribution in [-0.4, -0.2) is 4.57 Å². The Morgan fingerprint density at radius 2 is 0.900 bits per heavy atom. The van der Waals surface area contributed by atoms with Crippen LogP contribution in [0.2, 0.25) is 0 Å². The molecule has 0 bridgehead atoms. The van der Waals surface area contributed by atoms with Crippen LogP contribution in [0.3, 0.4) is 0 Å². The average molecular weight is 791 g/mol. The van der Waals surface area contributed by atoms with Crippen LogP contribution in [0.15, 0.2) is 242 Å². The van der Waals surface area contributed by atoms with Gasteiger partial charge in [-0.1, -0.05) is 175 Å². The van der Waals surface area contributed by atoms with E-state index < -0.39 is 208 Å². The van der Waals surface area contributed by atoms with Gasteiger partial charge < -0.3 is 9.47 Å². The van der Waals surface area contributed by atoms with E-state index in [0.717, 1.165) is 27.4 Å². The monoisotopic (exact) mass is 790 g/mol. The summed E-state index contributed by atoms with van der Waals surface area (Å²) in [6.45, 7) is 0. The average Bonchev–Trinajstić information content (AvgIpc) is 1.87. The van der Waals surface area contributed by atoms with Crippen LogP contribution in [-0.2, 0) is 0 Å². The quantitative estimate of drug-likeness (QED) is 0.149. The van der Waals surface area contributed by atoms with Crippen LogP contribution in [0, 0.1) is 0 Å². The molecule has 10 aromatic carbocycles. The Kier molecular flexibility index (Phi) is 4.40. The fourth-order valence-electron chi connectivity index (χ4n) is 7.16. The van der Waals surface area contributed by atoms with Gasteiger partial charge in [0, 0.05) is 33.4 Å². The van der Waals surface area contributed by atoms with Crippen molar-refractivity contribution in [2.45, 2.75) is 0 Å². The second kappa shape index (κ2) is 15.1. The number of rotatable bonds is 8. The topological polar surface area (TPSA) is 8.17 Å². The molecule has 2 nitrogen and oxygen atoms in total. The fraction of sp³-hybridized carbons (Fsp3) is 0. The van der Waals surface area contributed by atoms with Gasteiger partial charge in [-0.25, -0.2) is 0 Å². The highest BCUT2D eigenvalue weighted by molar-refractivity contribution is 6.10. The first-order valence-corrected chi connectivity index (χ1v) is 18.5. The highest BCUT2D eigenvalue weighted by Gasteiger charge is 2.20. The Labute approximate surface area is 387 Å². The third kappa shape index (κ3) is 6.41. The van der Waals surface area contributed by atoms with E-state index in [0.29, 0.717) is 15.8 Å². The molecule has 0 radical (unpaired) electrons. The molecule has 11 aromatic rings. The molecule has 0 atom stereocenters.